The molecule has 1 aliphatic heterocycles. The van der Waals surface area contributed by atoms with Crippen molar-refractivity contribution in [2.24, 2.45) is 0 Å². The molecule has 2 heterocycles. The maximum Gasteiger partial charge on any atom is 0.410 e. The second kappa shape index (κ2) is 9.30. The summed E-state index contributed by atoms with van der Waals surface area (Å²) in [6.07, 6.45) is -0.324. The van der Waals surface area contributed by atoms with Crippen LogP contribution in [0.25, 0.3) is 10.4 Å². The molecular weight excluding hydrogens is 412 g/mol. The van der Waals surface area contributed by atoms with E-state index in [1.165, 1.54) is 16.9 Å². The zero-order valence-corrected chi connectivity index (χ0v) is 20.0. The molecule has 0 saturated carbocycles. The number of benzene rings is 1. The van der Waals surface area contributed by atoms with E-state index in [9.17, 15) is 9.59 Å². The highest BCUT2D eigenvalue weighted by Crippen LogP contribution is 2.37. The van der Waals surface area contributed by atoms with Gasteiger partial charge in [0.15, 0.2) is 0 Å². The van der Waals surface area contributed by atoms with Crippen molar-refractivity contribution in [3.05, 3.63) is 40.8 Å². The van der Waals surface area contributed by atoms with Crippen LogP contribution in [0, 0.1) is 0 Å². The highest BCUT2D eigenvalue weighted by Gasteiger charge is 2.28. The van der Waals surface area contributed by atoms with Crippen molar-refractivity contribution < 1.29 is 19.1 Å². The molecule has 1 aromatic carbocycles. The van der Waals surface area contributed by atoms with E-state index >= 15 is 0 Å². The third-order valence-electron chi connectivity index (χ3n) is 5.19. The molecule has 1 aromatic heterocycles. The molecule has 0 radical (unpaired) electrons. The summed E-state index contributed by atoms with van der Waals surface area (Å²) in [5.41, 5.74) is 1.69. The minimum Gasteiger partial charge on any atom is -0.496 e. The van der Waals surface area contributed by atoms with Gasteiger partial charge in [0.25, 0.3) is 5.91 Å². The van der Waals surface area contributed by atoms with Crippen molar-refractivity contribution in [2.45, 2.75) is 46.1 Å². The van der Waals surface area contributed by atoms with Crippen LogP contribution in [0.4, 0.5) is 4.79 Å². The fourth-order valence-corrected chi connectivity index (χ4v) is 4.45. The van der Waals surface area contributed by atoms with Crippen molar-refractivity contribution in [1.29, 1.82) is 0 Å². The van der Waals surface area contributed by atoms with Crippen LogP contribution >= 0.6 is 11.3 Å². The highest BCUT2D eigenvalue weighted by atomic mass is 32.1. The van der Waals surface area contributed by atoms with E-state index in [-0.39, 0.29) is 12.0 Å². The largest absolute Gasteiger partial charge is 0.496 e. The minimum absolute atomic E-state index is 0.00199. The van der Waals surface area contributed by atoms with Gasteiger partial charge in [-0.1, -0.05) is 19.9 Å². The summed E-state index contributed by atoms with van der Waals surface area (Å²) >= 11 is 1.47. The van der Waals surface area contributed by atoms with Gasteiger partial charge >= 0.3 is 6.09 Å². The van der Waals surface area contributed by atoms with Crippen LogP contribution in [0.3, 0.4) is 0 Å². The number of hydrogen-bond donors (Lipinski definition) is 0. The molecule has 0 aliphatic carbocycles. The van der Waals surface area contributed by atoms with Gasteiger partial charge in [0.1, 0.15) is 11.4 Å². The summed E-state index contributed by atoms with van der Waals surface area (Å²) in [7, 11) is 1.67. The molecule has 0 unspecified atom stereocenters. The zero-order valence-electron chi connectivity index (χ0n) is 19.2. The average molecular weight is 445 g/mol. The van der Waals surface area contributed by atoms with E-state index in [4.69, 9.17) is 9.47 Å². The molecule has 31 heavy (non-hydrogen) atoms. The number of methoxy groups -OCH3 is 1. The molecule has 1 saturated heterocycles. The number of amides is 2. The van der Waals surface area contributed by atoms with Gasteiger partial charge in [-0.25, -0.2) is 4.79 Å². The summed E-state index contributed by atoms with van der Waals surface area (Å²) in [5, 5.41) is 0. The Morgan fingerprint density at radius 3 is 2.23 bits per heavy atom. The molecule has 3 rings (SSSR count). The van der Waals surface area contributed by atoms with Crippen LogP contribution in [0.1, 0.15) is 55.8 Å². The van der Waals surface area contributed by atoms with Gasteiger partial charge in [0, 0.05) is 36.6 Å². The van der Waals surface area contributed by atoms with Crippen LogP contribution in [-0.4, -0.2) is 60.7 Å². The molecule has 2 aromatic rings. The molecule has 1 fully saturated rings. The first kappa shape index (κ1) is 23.1. The lowest BCUT2D eigenvalue weighted by Gasteiger charge is -2.35. The lowest BCUT2D eigenvalue weighted by atomic mass is 10.0. The van der Waals surface area contributed by atoms with Crippen molar-refractivity contribution in [3.63, 3.8) is 0 Å². The number of nitrogens with zero attached hydrogens (tertiary/aromatic N) is 2. The monoisotopic (exact) mass is 444 g/mol. The molecule has 1 aliphatic rings. The Bertz CT molecular complexity index is 937. The topological polar surface area (TPSA) is 59.1 Å². The number of ether oxygens (including phenoxy) is 2. The van der Waals surface area contributed by atoms with Crippen LogP contribution in [0.2, 0.25) is 0 Å². The summed E-state index contributed by atoms with van der Waals surface area (Å²) < 4.78 is 11.0. The Morgan fingerprint density at radius 1 is 1.00 bits per heavy atom. The predicted octanol–water partition coefficient (Wildman–Crippen LogP) is 5.24. The van der Waals surface area contributed by atoms with Crippen LogP contribution in [0.15, 0.2) is 30.3 Å². The number of thiophene rings is 1. The molecule has 7 heteroatoms. The normalized spacial score (nSPS) is 14.7. The number of rotatable bonds is 4. The van der Waals surface area contributed by atoms with E-state index in [1.807, 2.05) is 32.9 Å². The quantitative estimate of drug-likeness (QED) is 0.647. The fourth-order valence-electron chi connectivity index (χ4n) is 3.44. The number of piperazine rings is 1. The molecule has 0 N–H and O–H groups in total. The van der Waals surface area contributed by atoms with E-state index in [2.05, 4.69) is 32.0 Å². The van der Waals surface area contributed by atoms with Gasteiger partial charge < -0.3 is 19.3 Å². The van der Waals surface area contributed by atoms with Crippen LogP contribution in [-0.2, 0) is 4.74 Å². The molecule has 2 amide bonds. The molecule has 0 bridgehead atoms. The lowest BCUT2D eigenvalue weighted by Crippen LogP contribution is -2.51. The first-order valence-corrected chi connectivity index (χ1v) is 11.5. The summed E-state index contributed by atoms with van der Waals surface area (Å²) in [4.78, 5) is 30.4. The Kier molecular flexibility index (Phi) is 6.94. The Morgan fingerprint density at radius 2 is 1.65 bits per heavy atom. The molecule has 168 valence electrons. The second-order valence-corrected chi connectivity index (χ2v) is 10.1. The lowest BCUT2D eigenvalue weighted by molar-refractivity contribution is 0.0141. The average Bonchev–Trinajstić information content (AvgIpc) is 3.21. The Balaban J connectivity index is 1.67. The van der Waals surface area contributed by atoms with Gasteiger partial charge in [-0.2, -0.15) is 0 Å². The van der Waals surface area contributed by atoms with Crippen molar-refractivity contribution in [1.82, 2.24) is 9.80 Å². The van der Waals surface area contributed by atoms with Crippen LogP contribution < -0.4 is 4.74 Å². The van der Waals surface area contributed by atoms with Gasteiger partial charge in [-0.05, 0) is 56.5 Å². The number of carbonyl (C=O) groups is 2. The first-order chi connectivity index (χ1) is 14.6. The predicted molar refractivity (Wildman–Crippen MR) is 124 cm³/mol. The van der Waals surface area contributed by atoms with Gasteiger partial charge in [0.2, 0.25) is 0 Å². The first-order valence-electron chi connectivity index (χ1n) is 10.6. The van der Waals surface area contributed by atoms with Crippen LogP contribution in [0.5, 0.6) is 5.75 Å². The molecular formula is C24H32N2O4S. The molecule has 0 atom stereocenters. The number of hydrogen-bond acceptors (Lipinski definition) is 5. The fraction of sp³-hybridized carbons (Fsp3) is 0.500. The maximum absolute atomic E-state index is 13.0. The highest BCUT2D eigenvalue weighted by molar-refractivity contribution is 7.17. The summed E-state index contributed by atoms with van der Waals surface area (Å²) in [5.74, 6) is 1.23. The standard InChI is InChI=1S/C24H32N2O4S/c1-16(2)17-7-8-18(19(15-17)29-6)20-9-10-21(31-20)22(27)25-11-13-26(14-12-25)23(28)30-24(3,4)5/h7-10,15-16H,11-14H2,1-6H3. The van der Waals surface area contributed by atoms with Crippen molar-refractivity contribution in [3.8, 4) is 16.2 Å². The van der Waals surface area contributed by atoms with E-state index < -0.39 is 5.60 Å². The van der Waals surface area contributed by atoms with Crippen molar-refractivity contribution >= 4 is 23.3 Å². The summed E-state index contributed by atoms with van der Waals surface area (Å²) in [6.45, 7) is 11.8. The van der Waals surface area contributed by atoms with Crippen molar-refractivity contribution in [2.75, 3.05) is 33.3 Å². The number of carbonyl (C=O) groups excluding carboxylic acids is 2. The Hall–Kier alpha value is -2.54. The molecule has 6 nitrogen and oxygen atoms in total. The summed E-state index contributed by atoms with van der Waals surface area (Å²) in [6, 6.07) is 10.1. The third kappa shape index (κ3) is 5.58. The third-order valence-corrected chi connectivity index (χ3v) is 6.30. The minimum atomic E-state index is -0.522. The zero-order chi connectivity index (χ0) is 22.8. The molecule has 0 spiro atoms. The van der Waals surface area contributed by atoms with Gasteiger partial charge in [-0.3, -0.25) is 4.79 Å². The van der Waals surface area contributed by atoms with Gasteiger partial charge in [0.05, 0.1) is 12.0 Å². The maximum atomic E-state index is 13.0. The SMILES string of the molecule is COc1cc(C(C)C)ccc1-c1ccc(C(=O)N2CCN(C(=O)OC(C)(C)C)CC2)s1. The van der Waals surface area contributed by atoms with E-state index in [1.54, 1.807) is 16.9 Å². The Labute approximate surface area is 188 Å². The second-order valence-electron chi connectivity index (χ2n) is 9.04. The smallest absolute Gasteiger partial charge is 0.410 e. The van der Waals surface area contributed by atoms with E-state index in [0.29, 0.717) is 37.0 Å². The van der Waals surface area contributed by atoms with E-state index in [0.717, 1.165) is 16.2 Å². The van der Waals surface area contributed by atoms with Gasteiger partial charge in [-0.15, -0.1) is 11.3 Å².